The van der Waals surface area contributed by atoms with Gasteiger partial charge in [0.15, 0.2) is 0 Å². The number of nitrogens with zero attached hydrogens (tertiary/aromatic N) is 1. The summed E-state index contributed by atoms with van der Waals surface area (Å²) in [5, 5.41) is 0. The number of nitrogens with two attached hydrogens (primary N) is 1. The Morgan fingerprint density at radius 1 is 1.26 bits per heavy atom. The van der Waals surface area contributed by atoms with E-state index in [1.54, 1.807) is 13.4 Å². The number of hydrogen-bond acceptors (Lipinski definition) is 4. The van der Waals surface area contributed by atoms with E-state index in [-0.39, 0.29) is 6.04 Å². The monoisotopic (exact) mass is 260 g/mol. The molecule has 0 saturated carbocycles. The molecule has 1 atom stereocenters. The van der Waals surface area contributed by atoms with E-state index >= 15 is 0 Å². The van der Waals surface area contributed by atoms with Crippen molar-refractivity contribution in [3.63, 3.8) is 0 Å². The molecule has 2 rings (SSSR count). The van der Waals surface area contributed by atoms with Crippen molar-refractivity contribution in [3.8, 4) is 5.75 Å². The summed E-state index contributed by atoms with van der Waals surface area (Å²) in [4.78, 5) is 2.18. The molecule has 1 unspecified atom stereocenters. The normalized spacial score (nSPS) is 12.6. The Balaban J connectivity index is 2.09. The molecule has 102 valence electrons. The fourth-order valence-corrected chi connectivity index (χ4v) is 2.16. The van der Waals surface area contributed by atoms with Crippen LogP contribution in [0.4, 0.5) is 0 Å². The van der Waals surface area contributed by atoms with E-state index in [1.165, 1.54) is 5.56 Å². The van der Waals surface area contributed by atoms with Crippen LogP contribution in [0.25, 0.3) is 0 Å². The lowest BCUT2D eigenvalue weighted by Gasteiger charge is -2.26. The first-order valence-corrected chi connectivity index (χ1v) is 6.31. The summed E-state index contributed by atoms with van der Waals surface area (Å²) in [6, 6.07) is 12.0. The van der Waals surface area contributed by atoms with Crippen LogP contribution in [0.2, 0.25) is 0 Å². The van der Waals surface area contributed by atoms with Gasteiger partial charge in [-0.15, -0.1) is 0 Å². The molecule has 2 aromatic rings. The summed E-state index contributed by atoms with van der Waals surface area (Å²) in [6.07, 6.45) is 1.69. The standard InChI is InChI=1S/C15H20N2O2/c1-17(11-14-4-3-9-19-14)15(10-16)12-5-7-13(18-2)8-6-12/h3-9,15H,10-11,16H2,1-2H3. The molecule has 4 heteroatoms. The zero-order valence-corrected chi connectivity index (χ0v) is 11.4. The zero-order valence-electron chi connectivity index (χ0n) is 11.4. The lowest BCUT2D eigenvalue weighted by Crippen LogP contribution is -2.30. The van der Waals surface area contributed by atoms with Crippen molar-refractivity contribution in [2.75, 3.05) is 20.7 Å². The molecule has 19 heavy (non-hydrogen) atoms. The number of ether oxygens (including phenoxy) is 1. The molecular formula is C15H20N2O2. The molecule has 0 saturated heterocycles. The number of furan rings is 1. The Labute approximate surface area is 113 Å². The second-order valence-corrected chi connectivity index (χ2v) is 4.52. The fraction of sp³-hybridized carbons (Fsp3) is 0.333. The Morgan fingerprint density at radius 2 is 2.00 bits per heavy atom. The van der Waals surface area contributed by atoms with Crippen molar-refractivity contribution >= 4 is 0 Å². The van der Waals surface area contributed by atoms with Gasteiger partial charge in [-0.3, -0.25) is 4.90 Å². The molecule has 0 spiro atoms. The third-order valence-electron chi connectivity index (χ3n) is 3.24. The van der Waals surface area contributed by atoms with Crippen LogP contribution in [0.15, 0.2) is 47.1 Å². The van der Waals surface area contributed by atoms with Gasteiger partial charge < -0.3 is 14.9 Å². The maximum atomic E-state index is 5.90. The maximum absolute atomic E-state index is 5.90. The SMILES string of the molecule is COc1ccc(C(CN)N(C)Cc2ccco2)cc1. The van der Waals surface area contributed by atoms with Gasteiger partial charge in [-0.05, 0) is 36.9 Å². The molecule has 0 aliphatic rings. The minimum Gasteiger partial charge on any atom is -0.497 e. The highest BCUT2D eigenvalue weighted by atomic mass is 16.5. The molecule has 1 heterocycles. The van der Waals surface area contributed by atoms with Crippen LogP contribution in [0.3, 0.4) is 0 Å². The Morgan fingerprint density at radius 3 is 2.53 bits per heavy atom. The first kappa shape index (κ1) is 13.6. The molecule has 4 nitrogen and oxygen atoms in total. The van der Waals surface area contributed by atoms with Gasteiger partial charge in [-0.1, -0.05) is 12.1 Å². The highest BCUT2D eigenvalue weighted by molar-refractivity contribution is 5.29. The first-order chi connectivity index (χ1) is 9.24. The summed E-state index contributed by atoms with van der Waals surface area (Å²) < 4.78 is 10.5. The minimum atomic E-state index is 0.163. The van der Waals surface area contributed by atoms with Crippen molar-refractivity contribution in [2.45, 2.75) is 12.6 Å². The van der Waals surface area contributed by atoms with Gasteiger partial charge in [-0.2, -0.15) is 0 Å². The number of likely N-dealkylation sites (N-methyl/N-ethyl adjacent to an activating group) is 1. The smallest absolute Gasteiger partial charge is 0.118 e. The van der Waals surface area contributed by atoms with E-state index < -0.39 is 0 Å². The number of rotatable bonds is 6. The molecule has 0 fully saturated rings. The van der Waals surface area contributed by atoms with E-state index in [0.29, 0.717) is 6.54 Å². The second-order valence-electron chi connectivity index (χ2n) is 4.52. The lowest BCUT2D eigenvalue weighted by atomic mass is 10.1. The maximum Gasteiger partial charge on any atom is 0.118 e. The molecule has 0 bridgehead atoms. The summed E-state index contributed by atoms with van der Waals surface area (Å²) >= 11 is 0. The molecule has 1 aromatic heterocycles. The summed E-state index contributed by atoms with van der Waals surface area (Å²) in [5.74, 6) is 1.79. The lowest BCUT2D eigenvalue weighted by molar-refractivity contribution is 0.223. The predicted molar refractivity (Wildman–Crippen MR) is 75.0 cm³/mol. The third-order valence-corrected chi connectivity index (χ3v) is 3.24. The van der Waals surface area contributed by atoms with Crippen molar-refractivity contribution < 1.29 is 9.15 Å². The molecule has 0 aliphatic carbocycles. The molecule has 1 aromatic carbocycles. The van der Waals surface area contributed by atoms with E-state index in [2.05, 4.69) is 17.0 Å². The van der Waals surface area contributed by atoms with Gasteiger partial charge in [0.2, 0.25) is 0 Å². The predicted octanol–water partition coefficient (Wildman–Crippen LogP) is 2.42. The summed E-state index contributed by atoms with van der Waals surface area (Å²) in [6.45, 7) is 1.30. The van der Waals surface area contributed by atoms with E-state index in [0.717, 1.165) is 18.1 Å². The highest BCUT2D eigenvalue weighted by Crippen LogP contribution is 2.22. The quantitative estimate of drug-likeness (QED) is 0.866. The van der Waals surface area contributed by atoms with E-state index in [9.17, 15) is 0 Å². The highest BCUT2D eigenvalue weighted by Gasteiger charge is 2.16. The van der Waals surface area contributed by atoms with Crippen LogP contribution in [-0.4, -0.2) is 25.6 Å². The molecular weight excluding hydrogens is 240 g/mol. The Kier molecular flexibility index (Phi) is 4.60. The van der Waals surface area contributed by atoms with Crippen molar-refractivity contribution in [1.29, 1.82) is 0 Å². The van der Waals surface area contributed by atoms with E-state index in [1.807, 2.05) is 31.3 Å². The molecule has 0 aliphatic heterocycles. The van der Waals surface area contributed by atoms with Crippen LogP contribution < -0.4 is 10.5 Å². The van der Waals surface area contributed by atoms with Crippen molar-refractivity contribution in [1.82, 2.24) is 4.90 Å². The minimum absolute atomic E-state index is 0.163. The van der Waals surface area contributed by atoms with E-state index in [4.69, 9.17) is 14.9 Å². The Hall–Kier alpha value is -1.78. The average molecular weight is 260 g/mol. The van der Waals surface area contributed by atoms with Gasteiger partial charge >= 0.3 is 0 Å². The Bertz CT molecular complexity index is 479. The van der Waals surface area contributed by atoms with Crippen molar-refractivity contribution in [2.24, 2.45) is 5.73 Å². The number of methoxy groups -OCH3 is 1. The molecule has 2 N–H and O–H groups in total. The van der Waals surface area contributed by atoms with Crippen LogP contribution in [-0.2, 0) is 6.54 Å². The van der Waals surface area contributed by atoms with Crippen LogP contribution in [0.5, 0.6) is 5.75 Å². The topological polar surface area (TPSA) is 51.6 Å². The average Bonchev–Trinajstić information content (AvgIpc) is 2.93. The van der Waals surface area contributed by atoms with Gasteiger partial charge in [0.05, 0.1) is 19.9 Å². The number of benzene rings is 1. The summed E-state index contributed by atoms with van der Waals surface area (Å²) in [5.41, 5.74) is 7.08. The zero-order chi connectivity index (χ0) is 13.7. The van der Waals surface area contributed by atoms with Gasteiger partial charge in [0, 0.05) is 12.6 Å². The number of hydrogen-bond donors (Lipinski definition) is 1. The third kappa shape index (κ3) is 3.36. The first-order valence-electron chi connectivity index (χ1n) is 6.31. The summed E-state index contributed by atoms with van der Waals surface area (Å²) in [7, 11) is 3.71. The molecule has 0 amide bonds. The van der Waals surface area contributed by atoms with Gasteiger partial charge in [0.25, 0.3) is 0 Å². The molecule has 0 radical (unpaired) electrons. The van der Waals surface area contributed by atoms with Crippen LogP contribution in [0.1, 0.15) is 17.4 Å². The van der Waals surface area contributed by atoms with Crippen molar-refractivity contribution in [3.05, 3.63) is 54.0 Å². The van der Waals surface area contributed by atoms with Gasteiger partial charge in [0.1, 0.15) is 11.5 Å². The fourth-order valence-electron chi connectivity index (χ4n) is 2.16. The van der Waals surface area contributed by atoms with Gasteiger partial charge in [-0.25, -0.2) is 0 Å². The van der Waals surface area contributed by atoms with Crippen LogP contribution in [0, 0.1) is 0 Å². The largest absolute Gasteiger partial charge is 0.497 e. The van der Waals surface area contributed by atoms with Crippen LogP contribution >= 0.6 is 0 Å². The second kappa shape index (κ2) is 6.41.